The Balaban J connectivity index is 1.27. The van der Waals surface area contributed by atoms with Gasteiger partial charge >= 0.3 is 5.97 Å². The second-order valence-corrected chi connectivity index (χ2v) is 22.1. The van der Waals surface area contributed by atoms with Crippen LogP contribution in [0.15, 0.2) is 53.6 Å². The van der Waals surface area contributed by atoms with Gasteiger partial charge in [0.15, 0.2) is 12.6 Å². The summed E-state index contributed by atoms with van der Waals surface area (Å²) in [5.41, 5.74) is -1.29. The van der Waals surface area contributed by atoms with Crippen molar-refractivity contribution in [2.24, 2.45) is 17.8 Å². The van der Waals surface area contributed by atoms with Gasteiger partial charge in [-0.15, -0.1) is 5.10 Å². The predicted octanol–water partition coefficient (Wildman–Crippen LogP) is 3.57. The van der Waals surface area contributed by atoms with Crippen LogP contribution in [0.1, 0.15) is 112 Å². The molecule has 3 aliphatic rings. The lowest BCUT2D eigenvalue weighted by atomic mass is 9.77. The van der Waals surface area contributed by atoms with E-state index in [1.165, 1.54) is 14.0 Å². The van der Waals surface area contributed by atoms with E-state index in [1.807, 2.05) is 88.2 Å². The number of rotatable bonds is 12. The zero-order valence-corrected chi connectivity index (χ0v) is 44.9. The minimum atomic E-state index is -1.84. The normalized spacial score (nSPS) is 39.1. The van der Waals surface area contributed by atoms with Crippen molar-refractivity contribution in [2.45, 2.75) is 205 Å². The lowest BCUT2D eigenvalue weighted by Crippen LogP contribution is -2.60. The smallest absolute Gasteiger partial charge is 0.311 e. The van der Waals surface area contributed by atoms with Gasteiger partial charge in [0.2, 0.25) is 0 Å². The standard InChI is InChI=1S/C53H84N6O13/c1-15-41-53(11,66)46(62)35(7)56(12)25-31(3)23-51(9,65)48(33(5)45(34(6)49(64)70-41)71-43-24-52(10,67-14)47(63)36(8)69-43)72-50-44(61)40(22-32(4)68-50)57(13)28-38-29-58(55-54-38)27-37-17-19-39(20-18-37)59-26-30(2)16-21-42(59)60/h16-21,26,29,31-36,40-41,43-48,50,61-63,65-66H,15,22-25,27-28H2,1-14H3/t31-,32-,33+,34-,35-,36+,40+,41-,43+,44-,45+,46-,47+,48-,50+,51-,52-,53-/m1/s1. The number of hydrogen-bond donors (Lipinski definition) is 5. The molecule has 404 valence electrons. The zero-order chi connectivity index (χ0) is 53.2. The minimum absolute atomic E-state index is 0.0937. The average molecular weight is 1010 g/mol. The quantitative estimate of drug-likeness (QED) is 0.163. The second-order valence-electron chi connectivity index (χ2n) is 22.1. The van der Waals surface area contributed by atoms with E-state index in [0.717, 1.165) is 16.8 Å². The van der Waals surface area contributed by atoms with E-state index in [2.05, 4.69) is 10.3 Å². The molecular formula is C53H84N6O13. The second kappa shape index (κ2) is 23.5. The molecular weight excluding hydrogens is 929 g/mol. The number of hydrogen-bond acceptors (Lipinski definition) is 17. The first kappa shape index (κ1) is 57.6. The van der Waals surface area contributed by atoms with Gasteiger partial charge in [-0.25, -0.2) is 4.68 Å². The van der Waals surface area contributed by atoms with Crippen molar-refractivity contribution in [3.05, 3.63) is 76.0 Å². The SMILES string of the molecule is CC[C@H]1OC(=O)[C@H](C)[C@@H](O[C@H]2C[C@@](C)(OC)[C@@H](O)[C@H](C)O2)[C@H](C)[C@@H](O[C@@H]2O[C@H](C)C[C@H](N(C)Cc3cn(Cc4ccc(-n5cc(C)ccc5=O)cc4)nn3)[C@H]2O)[C@](C)(O)C[C@@H](C)CN(C)[C@H](C)[C@@H](O)[C@]1(C)O. The van der Waals surface area contributed by atoms with Gasteiger partial charge in [0.05, 0.1) is 60.0 Å². The highest BCUT2D eigenvalue weighted by Gasteiger charge is 2.53. The molecule has 1 aromatic carbocycles. The van der Waals surface area contributed by atoms with Crippen LogP contribution in [0.4, 0.5) is 0 Å². The fraction of sp³-hybridized carbons (Fsp3) is 0.736. The monoisotopic (exact) mass is 1010 g/mol. The minimum Gasteiger partial charge on any atom is -0.459 e. The molecule has 2 aromatic heterocycles. The molecule has 3 aromatic rings. The summed E-state index contributed by atoms with van der Waals surface area (Å²) in [6.07, 6.45) is -5.63. The molecule has 18 atom stereocenters. The van der Waals surface area contributed by atoms with Crippen molar-refractivity contribution in [1.29, 1.82) is 0 Å². The first-order chi connectivity index (χ1) is 33.7. The van der Waals surface area contributed by atoms with Crippen molar-refractivity contribution in [1.82, 2.24) is 29.4 Å². The van der Waals surface area contributed by atoms with Crippen LogP contribution in [-0.2, 0) is 46.3 Å². The van der Waals surface area contributed by atoms with Crippen LogP contribution >= 0.6 is 0 Å². The molecule has 5 N–H and O–H groups in total. The van der Waals surface area contributed by atoms with E-state index in [4.69, 9.17) is 28.4 Å². The van der Waals surface area contributed by atoms with Crippen molar-refractivity contribution >= 4 is 5.97 Å². The summed E-state index contributed by atoms with van der Waals surface area (Å²) in [6, 6.07) is 9.97. The van der Waals surface area contributed by atoms with Gasteiger partial charge in [0, 0.05) is 62.6 Å². The summed E-state index contributed by atoms with van der Waals surface area (Å²) in [6.45, 7) is 20.6. The number of methoxy groups -OCH3 is 1. The Bertz CT molecular complexity index is 2290. The lowest BCUT2D eigenvalue weighted by Gasteiger charge is -2.49. The Kier molecular flexibility index (Phi) is 18.8. The zero-order valence-electron chi connectivity index (χ0n) is 44.9. The third kappa shape index (κ3) is 13.0. The molecule has 3 aliphatic heterocycles. The predicted molar refractivity (Wildman–Crippen MR) is 268 cm³/mol. The number of aliphatic hydroxyl groups is 5. The topological polar surface area (TPSA) is 233 Å². The number of aromatic nitrogens is 4. The molecule has 0 spiro atoms. The molecule has 5 heterocycles. The van der Waals surface area contributed by atoms with E-state index < -0.39 is 108 Å². The molecule has 0 aliphatic carbocycles. The van der Waals surface area contributed by atoms with Gasteiger partial charge in [-0.3, -0.25) is 19.1 Å². The molecule has 0 bridgehead atoms. The maximum absolute atomic E-state index is 14.5. The first-order valence-electron chi connectivity index (χ1n) is 25.6. The Morgan fingerprint density at radius 1 is 0.903 bits per heavy atom. The maximum Gasteiger partial charge on any atom is 0.311 e. The van der Waals surface area contributed by atoms with Crippen LogP contribution in [0.5, 0.6) is 0 Å². The Hall–Kier alpha value is -3.70. The highest BCUT2D eigenvalue weighted by Crippen LogP contribution is 2.40. The Morgan fingerprint density at radius 3 is 2.24 bits per heavy atom. The molecule has 3 saturated heterocycles. The molecule has 6 rings (SSSR count). The number of likely N-dealkylation sites (N-methyl/N-ethyl adjacent to an activating group) is 2. The highest BCUT2D eigenvalue weighted by atomic mass is 16.7. The summed E-state index contributed by atoms with van der Waals surface area (Å²) in [4.78, 5) is 30.9. The molecule has 19 heteroatoms. The van der Waals surface area contributed by atoms with Crippen LogP contribution in [0.25, 0.3) is 5.69 Å². The molecule has 0 unspecified atom stereocenters. The fourth-order valence-electron chi connectivity index (χ4n) is 11.3. The van der Waals surface area contributed by atoms with Gasteiger partial charge < -0.3 is 58.9 Å². The summed E-state index contributed by atoms with van der Waals surface area (Å²) >= 11 is 0. The molecule has 19 nitrogen and oxygen atoms in total. The summed E-state index contributed by atoms with van der Waals surface area (Å²) in [5, 5.41) is 68.6. The number of esters is 1. The van der Waals surface area contributed by atoms with Crippen molar-refractivity contribution < 1.29 is 58.7 Å². The van der Waals surface area contributed by atoms with Crippen molar-refractivity contribution in [3.8, 4) is 5.69 Å². The fourth-order valence-corrected chi connectivity index (χ4v) is 11.3. The van der Waals surface area contributed by atoms with Gasteiger partial charge in [-0.05, 0) is 118 Å². The number of carbonyl (C=O) groups excluding carboxylic acids is 1. The number of aliphatic hydroxyl groups excluding tert-OH is 3. The van der Waals surface area contributed by atoms with Crippen LogP contribution in [0.2, 0.25) is 0 Å². The van der Waals surface area contributed by atoms with Crippen molar-refractivity contribution in [3.63, 3.8) is 0 Å². The third-order valence-corrected chi connectivity index (χ3v) is 15.7. The largest absolute Gasteiger partial charge is 0.459 e. The molecule has 0 saturated carbocycles. The van der Waals surface area contributed by atoms with E-state index in [0.29, 0.717) is 31.7 Å². The Morgan fingerprint density at radius 2 is 1.58 bits per heavy atom. The summed E-state index contributed by atoms with van der Waals surface area (Å²) in [5.74, 6) is -2.83. The third-order valence-electron chi connectivity index (χ3n) is 15.7. The number of nitrogens with zero attached hydrogens (tertiary/aromatic N) is 6. The van der Waals surface area contributed by atoms with E-state index in [1.54, 1.807) is 62.9 Å². The van der Waals surface area contributed by atoms with Gasteiger partial charge in [0.1, 0.15) is 30.0 Å². The number of pyridine rings is 1. The maximum atomic E-state index is 14.5. The van der Waals surface area contributed by atoms with Gasteiger partial charge in [-0.2, -0.15) is 0 Å². The molecule has 3 fully saturated rings. The summed E-state index contributed by atoms with van der Waals surface area (Å²) < 4.78 is 41.7. The molecule has 72 heavy (non-hydrogen) atoms. The first-order valence-corrected chi connectivity index (χ1v) is 25.6. The van der Waals surface area contributed by atoms with E-state index >= 15 is 0 Å². The van der Waals surface area contributed by atoms with Crippen LogP contribution in [0.3, 0.4) is 0 Å². The summed E-state index contributed by atoms with van der Waals surface area (Å²) in [7, 11) is 5.22. The number of carbonyl (C=O) groups is 1. The van der Waals surface area contributed by atoms with Gasteiger partial charge in [-0.1, -0.05) is 44.2 Å². The van der Waals surface area contributed by atoms with E-state index in [-0.39, 0.29) is 30.7 Å². The molecule has 0 amide bonds. The number of aryl methyl sites for hydroxylation is 1. The highest BCUT2D eigenvalue weighted by molar-refractivity contribution is 5.73. The number of benzene rings is 1. The van der Waals surface area contributed by atoms with Crippen molar-refractivity contribution in [2.75, 3.05) is 27.7 Å². The lowest BCUT2D eigenvalue weighted by molar-refractivity contribution is -0.318. The van der Waals surface area contributed by atoms with Gasteiger partial charge in [0.25, 0.3) is 5.56 Å². The Labute approximate surface area is 425 Å². The van der Waals surface area contributed by atoms with Crippen LogP contribution in [0, 0.1) is 24.7 Å². The van der Waals surface area contributed by atoms with E-state index in [9.17, 15) is 35.1 Å². The molecule has 0 radical (unpaired) electrons. The van der Waals surface area contributed by atoms with Crippen LogP contribution in [-0.4, -0.2) is 179 Å². The van der Waals surface area contributed by atoms with Crippen LogP contribution < -0.4 is 5.56 Å². The number of cyclic esters (lactones) is 1. The average Bonchev–Trinajstić information content (AvgIpc) is 3.76. The number of ether oxygens (including phenoxy) is 6.